The summed E-state index contributed by atoms with van der Waals surface area (Å²) in [6.07, 6.45) is 1.55. The van der Waals surface area contributed by atoms with E-state index < -0.39 is 0 Å². The summed E-state index contributed by atoms with van der Waals surface area (Å²) < 4.78 is 0. The van der Waals surface area contributed by atoms with Crippen molar-refractivity contribution in [2.75, 3.05) is 5.75 Å². The number of thioether (sulfide) groups is 1. The Labute approximate surface area is 142 Å². The zero-order valence-electron chi connectivity index (χ0n) is 12.4. The van der Waals surface area contributed by atoms with E-state index in [1.807, 2.05) is 37.3 Å². The van der Waals surface area contributed by atoms with Crippen molar-refractivity contribution in [2.24, 2.45) is 0 Å². The molecule has 0 spiro atoms. The van der Waals surface area contributed by atoms with Crippen molar-refractivity contribution in [1.29, 1.82) is 0 Å². The average molecular weight is 347 g/mol. The van der Waals surface area contributed by atoms with Gasteiger partial charge in [0.25, 0.3) is 0 Å². The third kappa shape index (κ3) is 4.03. The van der Waals surface area contributed by atoms with Crippen LogP contribution in [0, 0.1) is 0 Å². The molecule has 23 heavy (non-hydrogen) atoms. The lowest BCUT2D eigenvalue weighted by molar-refractivity contribution is -0.119. The molecule has 5 nitrogen and oxygen atoms in total. The van der Waals surface area contributed by atoms with E-state index in [1.54, 1.807) is 12.3 Å². The number of aromatic nitrogens is 3. The number of hydrogen-bond acceptors (Lipinski definition) is 4. The van der Waals surface area contributed by atoms with E-state index in [4.69, 9.17) is 11.6 Å². The number of hydrogen-bond donors (Lipinski definition) is 2. The summed E-state index contributed by atoms with van der Waals surface area (Å²) in [5, 5.41) is 4.17. The number of aromatic amines is 1. The van der Waals surface area contributed by atoms with Crippen LogP contribution in [0.1, 0.15) is 18.5 Å². The number of rotatable bonds is 5. The number of amides is 1. The number of nitrogens with one attached hydrogen (secondary N) is 2. The summed E-state index contributed by atoms with van der Waals surface area (Å²) in [4.78, 5) is 23.6. The van der Waals surface area contributed by atoms with Crippen LogP contribution < -0.4 is 5.32 Å². The standard InChI is InChI=1S/C16H15ClN4OS/c1-10(11-5-3-2-4-6-11)19-14(22)9-23-16-20-13-7-12(17)8-18-15(13)21-16/h2-8,10H,9H2,1H3,(H,19,22)(H,18,20,21)/t10-/m0/s1. The summed E-state index contributed by atoms with van der Waals surface area (Å²) in [6, 6.07) is 11.6. The highest BCUT2D eigenvalue weighted by Gasteiger charge is 2.11. The van der Waals surface area contributed by atoms with Crippen LogP contribution in [-0.2, 0) is 4.79 Å². The number of nitrogens with zero attached hydrogens (tertiary/aromatic N) is 2. The highest BCUT2D eigenvalue weighted by atomic mass is 35.5. The maximum absolute atomic E-state index is 12.1. The zero-order valence-corrected chi connectivity index (χ0v) is 14.0. The van der Waals surface area contributed by atoms with Gasteiger partial charge in [-0.3, -0.25) is 4.79 Å². The van der Waals surface area contributed by atoms with Gasteiger partial charge in [-0.2, -0.15) is 0 Å². The van der Waals surface area contributed by atoms with Gasteiger partial charge in [-0.25, -0.2) is 9.97 Å². The first-order chi connectivity index (χ1) is 11.1. The minimum Gasteiger partial charge on any atom is -0.349 e. The molecule has 0 saturated carbocycles. The van der Waals surface area contributed by atoms with Gasteiger partial charge < -0.3 is 10.3 Å². The van der Waals surface area contributed by atoms with Gasteiger partial charge in [0, 0.05) is 6.20 Å². The molecule has 0 radical (unpaired) electrons. The predicted octanol–water partition coefficient (Wildman–Crippen LogP) is 3.58. The molecule has 1 amide bonds. The third-order valence-corrected chi connectivity index (χ3v) is 4.38. The summed E-state index contributed by atoms with van der Waals surface area (Å²) in [7, 11) is 0. The fourth-order valence-electron chi connectivity index (χ4n) is 2.16. The molecule has 3 aromatic rings. The number of imidazole rings is 1. The van der Waals surface area contributed by atoms with Crippen LogP contribution in [-0.4, -0.2) is 26.6 Å². The molecule has 3 rings (SSSR count). The van der Waals surface area contributed by atoms with Crippen LogP contribution in [0.15, 0.2) is 47.8 Å². The lowest BCUT2D eigenvalue weighted by Crippen LogP contribution is -2.28. The summed E-state index contributed by atoms with van der Waals surface area (Å²) in [6.45, 7) is 1.96. The van der Waals surface area contributed by atoms with Crippen molar-refractivity contribution in [2.45, 2.75) is 18.1 Å². The average Bonchev–Trinajstić information content (AvgIpc) is 2.95. The van der Waals surface area contributed by atoms with Crippen LogP contribution in [0.4, 0.5) is 0 Å². The molecule has 2 heterocycles. The highest BCUT2D eigenvalue weighted by Crippen LogP contribution is 2.20. The Balaban J connectivity index is 1.57. The van der Waals surface area contributed by atoms with Crippen LogP contribution in [0.2, 0.25) is 5.02 Å². The molecule has 0 aliphatic rings. The van der Waals surface area contributed by atoms with E-state index >= 15 is 0 Å². The second-order valence-corrected chi connectivity index (χ2v) is 6.46. The maximum atomic E-state index is 12.1. The van der Waals surface area contributed by atoms with Crippen LogP contribution in [0.25, 0.3) is 11.2 Å². The minimum atomic E-state index is -0.0437. The Morgan fingerprint density at radius 2 is 2.17 bits per heavy atom. The largest absolute Gasteiger partial charge is 0.349 e. The molecule has 0 unspecified atom stereocenters. The summed E-state index contributed by atoms with van der Waals surface area (Å²) in [5.41, 5.74) is 2.43. The first kappa shape index (κ1) is 15.8. The van der Waals surface area contributed by atoms with Gasteiger partial charge in [0.15, 0.2) is 10.8 Å². The molecule has 0 aliphatic heterocycles. The lowest BCUT2D eigenvalue weighted by atomic mass is 10.1. The zero-order chi connectivity index (χ0) is 16.2. The quantitative estimate of drug-likeness (QED) is 0.693. The van der Waals surface area contributed by atoms with E-state index in [1.165, 1.54) is 11.8 Å². The second-order valence-electron chi connectivity index (χ2n) is 5.06. The molecule has 1 atom stereocenters. The number of H-pyrrole nitrogens is 1. The van der Waals surface area contributed by atoms with Gasteiger partial charge >= 0.3 is 0 Å². The van der Waals surface area contributed by atoms with Crippen LogP contribution >= 0.6 is 23.4 Å². The van der Waals surface area contributed by atoms with Crippen molar-refractivity contribution in [1.82, 2.24) is 20.3 Å². The number of carbonyl (C=O) groups is 1. The first-order valence-corrected chi connectivity index (χ1v) is 8.46. The Morgan fingerprint density at radius 3 is 2.96 bits per heavy atom. The number of halogens is 1. The fraction of sp³-hybridized carbons (Fsp3) is 0.188. The van der Waals surface area contributed by atoms with E-state index in [-0.39, 0.29) is 17.7 Å². The molecule has 0 saturated heterocycles. The number of benzene rings is 1. The van der Waals surface area contributed by atoms with E-state index in [0.717, 1.165) is 11.1 Å². The van der Waals surface area contributed by atoms with Crippen molar-refractivity contribution in [3.63, 3.8) is 0 Å². The molecule has 0 aliphatic carbocycles. The van der Waals surface area contributed by atoms with Crippen LogP contribution in [0.5, 0.6) is 0 Å². The van der Waals surface area contributed by atoms with Crippen LogP contribution in [0.3, 0.4) is 0 Å². The third-order valence-electron chi connectivity index (χ3n) is 3.30. The second kappa shape index (κ2) is 7.02. The predicted molar refractivity (Wildman–Crippen MR) is 92.6 cm³/mol. The first-order valence-electron chi connectivity index (χ1n) is 7.10. The topological polar surface area (TPSA) is 70.7 Å². The van der Waals surface area contributed by atoms with Gasteiger partial charge in [0.05, 0.1) is 22.3 Å². The van der Waals surface area contributed by atoms with Gasteiger partial charge in [-0.05, 0) is 18.6 Å². The molecule has 7 heteroatoms. The molecular formula is C16H15ClN4OS. The summed E-state index contributed by atoms with van der Waals surface area (Å²) in [5.74, 6) is 0.239. The maximum Gasteiger partial charge on any atom is 0.230 e. The molecule has 0 bridgehead atoms. The van der Waals surface area contributed by atoms with Crippen molar-refractivity contribution in [3.05, 3.63) is 53.2 Å². The minimum absolute atomic E-state index is 0.0274. The molecule has 0 fully saturated rings. The fourth-order valence-corrected chi connectivity index (χ4v) is 3.01. The number of pyridine rings is 1. The smallest absolute Gasteiger partial charge is 0.230 e. The van der Waals surface area contributed by atoms with E-state index in [0.29, 0.717) is 15.8 Å². The highest BCUT2D eigenvalue weighted by molar-refractivity contribution is 7.99. The summed E-state index contributed by atoms with van der Waals surface area (Å²) >= 11 is 7.23. The van der Waals surface area contributed by atoms with Crippen molar-refractivity contribution < 1.29 is 4.79 Å². The van der Waals surface area contributed by atoms with Crippen molar-refractivity contribution in [3.8, 4) is 0 Å². The molecule has 2 aromatic heterocycles. The number of fused-ring (bicyclic) bond motifs is 1. The van der Waals surface area contributed by atoms with E-state index in [2.05, 4.69) is 20.3 Å². The van der Waals surface area contributed by atoms with Crippen molar-refractivity contribution >= 4 is 40.4 Å². The molecule has 2 N–H and O–H groups in total. The Morgan fingerprint density at radius 1 is 1.39 bits per heavy atom. The van der Waals surface area contributed by atoms with Gasteiger partial charge in [-0.1, -0.05) is 53.7 Å². The van der Waals surface area contributed by atoms with Gasteiger partial charge in [-0.15, -0.1) is 0 Å². The van der Waals surface area contributed by atoms with E-state index in [9.17, 15) is 4.79 Å². The lowest BCUT2D eigenvalue weighted by Gasteiger charge is -2.13. The number of carbonyl (C=O) groups excluding carboxylic acids is 1. The molecule has 1 aromatic carbocycles. The van der Waals surface area contributed by atoms with Gasteiger partial charge in [0.2, 0.25) is 5.91 Å². The monoisotopic (exact) mass is 346 g/mol. The Bertz CT molecular complexity index is 821. The van der Waals surface area contributed by atoms with Gasteiger partial charge in [0.1, 0.15) is 0 Å². The Hall–Kier alpha value is -2.05. The molecule has 118 valence electrons. The SMILES string of the molecule is C[C@H](NC(=O)CSc1nc2ncc(Cl)cc2[nH]1)c1ccccc1. The molecular weight excluding hydrogens is 332 g/mol. The normalized spacial score (nSPS) is 12.3. The Kier molecular flexibility index (Phi) is 4.83.